The molecular weight excluding hydrogens is 228 g/mol. The largest absolute Gasteiger partial charge is 0.496 e. The summed E-state index contributed by atoms with van der Waals surface area (Å²) in [4.78, 5) is 14.2. The lowest BCUT2D eigenvalue weighted by Gasteiger charge is -2.35. The van der Waals surface area contributed by atoms with Crippen LogP contribution in [0.5, 0.6) is 5.75 Å². The Hall–Kier alpha value is -1.71. The molecule has 0 heterocycles. The van der Waals surface area contributed by atoms with Crippen molar-refractivity contribution in [2.24, 2.45) is 0 Å². The van der Waals surface area contributed by atoms with E-state index >= 15 is 0 Å². The molecule has 0 fully saturated rings. The molecule has 1 aromatic rings. The van der Waals surface area contributed by atoms with Gasteiger partial charge in [-0.25, -0.2) is 0 Å². The first-order chi connectivity index (χ1) is 8.35. The maximum Gasteiger partial charge on any atom is 0.259 e. The van der Waals surface area contributed by atoms with Gasteiger partial charge in [-0.2, -0.15) is 0 Å². The molecule has 0 radical (unpaired) electrons. The first-order valence-electron chi connectivity index (χ1n) is 6.05. The number of hydrogen-bond donors (Lipinski definition) is 1. The number of anilines is 1. The highest BCUT2D eigenvalue weighted by Gasteiger charge is 2.29. The minimum absolute atomic E-state index is 0.114. The third-order valence-electron chi connectivity index (χ3n) is 3.57. The van der Waals surface area contributed by atoms with E-state index in [2.05, 4.69) is 6.92 Å². The molecule has 18 heavy (non-hydrogen) atoms. The fourth-order valence-corrected chi connectivity index (χ4v) is 1.63. The quantitative estimate of drug-likeness (QED) is 0.835. The molecule has 1 amide bonds. The lowest BCUT2D eigenvalue weighted by atomic mass is 9.98. The smallest absolute Gasteiger partial charge is 0.259 e. The molecule has 0 atom stereocenters. The number of rotatable bonds is 4. The first-order valence-corrected chi connectivity index (χ1v) is 6.05. The van der Waals surface area contributed by atoms with Gasteiger partial charge in [-0.1, -0.05) is 13.0 Å². The van der Waals surface area contributed by atoms with Crippen LogP contribution in [-0.2, 0) is 0 Å². The molecule has 2 N–H and O–H groups in total. The average Bonchev–Trinajstić information content (AvgIpc) is 2.36. The van der Waals surface area contributed by atoms with Gasteiger partial charge in [0.15, 0.2) is 0 Å². The predicted octanol–water partition coefficient (Wildman–Crippen LogP) is 2.54. The Morgan fingerprint density at radius 1 is 1.44 bits per heavy atom. The van der Waals surface area contributed by atoms with E-state index in [-0.39, 0.29) is 11.4 Å². The molecule has 0 aliphatic carbocycles. The maximum atomic E-state index is 12.5. The van der Waals surface area contributed by atoms with Gasteiger partial charge in [0.1, 0.15) is 11.3 Å². The van der Waals surface area contributed by atoms with E-state index in [1.807, 2.05) is 13.8 Å². The van der Waals surface area contributed by atoms with E-state index in [4.69, 9.17) is 10.5 Å². The topological polar surface area (TPSA) is 55.6 Å². The summed E-state index contributed by atoms with van der Waals surface area (Å²) >= 11 is 0. The molecule has 4 heteroatoms. The third-order valence-corrected chi connectivity index (χ3v) is 3.57. The molecule has 4 nitrogen and oxygen atoms in total. The lowest BCUT2D eigenvalue weighted by Crippen LogP contribution is -2.44. The number of hydrogen-bond acceptors (Lipinski definition) is 3. The molecule has 1 aromatic carbocycles. The molecule has 0 saturated heterocycles. The van der Waals surface area contributed by atoms with Crippen LogP contribution in [-0.4, -0.2) is 30.5 Å². The van der Waals surface area contributed by atoms with Crippen LogP contribution in [0.15, 0.2) is 18.2 Å². The Labute approximate surface area is 109 Å². The second kappa shape index (κ2) is 5.29. The Morgan fingerprint density at radius 3 is 2.56 bits per heavy atom. The van der Waals surface area contributed by atoms with E-state index in [9.17, 15) is 4.79 Å². The Kier molecular flexibility index (Phi) is 4.22. The van der Waals surface area contributed by atoms with Gasteiger partial charge in [-0.05, 0) is 32.4 Å². The number of methoxy groups -OCH3 is 1. The number of nitrogens with zero attached hydrogens (tertiary/aromatic N) is 1. The summed E-state index contributed by atoms with van der Waals surface area (Å²) in [6.07, 6.45) is 0.865. The zero-order valence-electron chi connectivity index (χ0n) is 11.8. The molecule has 0 aliphatic heterocycles. The van der Waals surface area contributed by atoms with Crippen LogP contribution in [0, 0.1) is 0 Å². The van der Waals surface area contributed by atoms with E-state index in [1.54, 1.807) is 30.1 Å². The van der Waals surface area contributed by atoms with E-state index in [0.717, 1.165) is 6.42 Å². The molecule has 0 unspecified atom stereocenters. The molecule has 1 rings (SSSR count). The van der Waals surface area contributed by atoms with Crippen molar-refractivity contribution < 1.29 is 9.53 Å². The van der Waals surface area contributed by atoms with Gasteiger partial charge in [0.05, 0.1) is 7.11 Å². The normalized spacial score (nSPS) is 11.2. The van der Waals surface area contributed by atoms with E-state index < -0.39 is 0 Å². The van der Waals surface area contributed by atoms with Gasteiger partial charge >= 0.3 is 0 Å². The minimum atomic E-state index is -0.218. The molecule has 0 bridgehead atoms. The zero-order chi connectivity index (χ0) is 13.9. The van der Waals surface area contributed by atoms with Crippen molar-refractivity contribution in [3.05, 3.63) is 23.8 Å². The summed E-state index contributed by atoms with van der Waals surface area (Å²) in [7, 11) is 3.33. The first kappa shape index (κ1) is 14.4. The van der Waals surface area contributed by atoms with Crippen LogP contribution in [0.4, 0.5) is 5.69 Å². The fourth-order valence-electron chi connectivity index (χ4n) is 1.63. The molecule has 0 spiro atoms. The van der Waals surface area contributed by atoms with E-state index in [1.165, 1.54) is 7.11 Å². The van der Waals surface area contributed by atoms with Crippen LogP contribution in [0.1, 0.15) is 37.6 Å². The summed E-state index contributed by atoms with van der Waals surface area (Å²) in [5.41, 5.74) is 6.55. The Morgan fingerprint density at radius 2 is 2.06 bits per heavy atom. The fraction of sp³-hybridized carbons (Fsp3) is 0.500. The number of amides is 1. The predicted molar refractivity (Wildman–Crippen MR) is 73.9 cm³/mol. The molecule has 0 aromatic heterocycles. The van der Waals surface area contributed by atoms with Crippen molar-refractivity contribution in [2.75, 3.05) is 19.9 Å². The number of carbonyl (C=O) groups excluding carboxylic acids is 1. The second-order valence-electron chi connectivity index (χ2n) is 4.95. The van der Waals surface area contributed by atoms with Gasteiger partial charge in [0.2, 0.25) is 0 Å². The lowest BCUT2D eigenvalue weighted by molar-refractivity contribution is 0.0618. The molecule has 100 valence electrons. The summed E-state index contributed by atoms with van der Waals surface area (Å²) < 4.78 is 5.22. The number of ether oxygens (including phenoxy) is 1. The van der Waals surface area contributed by atoms with Gasteiger partial charge < -0.3 is 15.4 Å². The van der Waals surface area contributed by atoms with Crippen molar-refractivity contribution in [1.82, 2.24) is 4.90 Å². The van der Waals surface area contributed by atoms with Crippen molar-refractivity contribution in [3.63, 3.8) is 0 Å². The zero-order valence-corrected chi connectivity index (χ0v) is 11.8. The van der Waals surface area contributed by atoms with Gasteiger partial charge in [-0.15, -0.1) is 0 Å². The Balaban J connectivity index is 3.19. The van der Waals surface area contributed by atoms with Gasteiger partial charge in [-0.3, -0.25) is 4.79 Å². The number of nitrogens with two attached hydrogens (primary N) is 1. The van der Waals surface area contributed by atoms with Crippen molar-refractivity contribution >= 4 is 11.6 Å². The standard InChI is InChI=1S/C14H22N2O2/c1-6-14(2,3)16(4)13(17)12-10(15)8-7-9-11(12)18-5/h7-9H,6,15H2,1-5H3. The van der Waals surface area contributed by atoms with Crippen LogP contribution in [0.2, 0.25) is 0 Å². The van der Waals surface area contributed by atoms with Crippen LogP contribution >= 0.6 is 0 Å². The monoisotopic (exact) mass is 250 g/mol. The summed E-state index contributed by atoms with van der Waals surface area (Å²) in [5.74, 6) is 0.399. The Bertz CT molecular complexity index is 441. The van der Waals surface area contributed by atoms with Crippen molar-refractivity contribution in [3.8, 4) is 5.75 Å². The van der Waals surface area contributed by atoms with Crippen LogP contribution < -0.4 is 10.5 Å². The van der Waals surface area contributed by atoms with E-state index in [0.29, 0.717) is 17.0 Å². The summed E-state index contributed by atoms with van der Waals surface area (Å²) in [6, 6.07) is 5.23. The van der Waals surface area contributed by atoms with Crippen LogP contribution in [0.25, 0.3) is 0 Å². The highest BCUT2D eigenvalue weighted by Crippen LogP contribution is 2.28. The van der Waals surface area contributed by atoms with Gasteiger partial charge in [0.25, 0.3) is 5.91 Å². The third kappa shape index (κ3) is 2.58. The molecule has 0 saturated carbocycles. The maximum absolute atomic E-state index is 12.5. The SMILES string of the molecule is CCC(C)(C)N(C)C(=O)c1c(N)cccc1OC. The summed E-state index contributed by atoms with van der Waals surface area (Å²) in [6.45, 7) is 6.10. The number of benzene rings is 1. The minimum Gasteiger partial charge on any atom is -0.496 e. The van der Waals surface area contributed by atoms with Crippen molar-refractivity contribution in [2.45, 2.75) is 32.7 Å². The van der Waals surface area contributed by atoms with Gasteiger partial charge in [0, 0.05) is 18.3 Å². The second-order valence-corrected chi connectivity index (χ2v) is 4.95. The average molecular weight is 250 g/mol. The van der Waals surface area contributed by atoms with Crippen molar-refractivity contribution in [1.29, 1.82) is 0 Å². The highest BCUT2D eigenvalue weighted by atomic mass is 16.5. The summed E-state index contributed by atoms with van der Waals surface area (Å²) in [5, 5.41) is 0. The molecular formula is C14H22N2O2. The molecule has 0 aliphatic rings. The number of nitrogen functional groups attached to an aromatic ring is 1. The number of carbonyl (C=O) groups is 1. The highest BCUT2D eigenvalue weighted by molar-refractivity contribution is 6.02. The van der Waals surface area contributed by atoms with Crippen LogP contribution in [0.3, 0.4) is 0 Å².